The van der Waals surface area contributed by atoms with E-state index in [2.05, 4.69) is 150 Å². The van der Waals surface area contributed by atoms with Gasteiger partial charge in [-0.25, -0.2) is 0 Å². The number of fused-ring (bicyclic) bond motifs is 6. The summed E-state index contributed by atoms with van der Waals surface area (Å²) in [5, 5.41) is 5.90. The third kappa shape index (κ3) is 4.76. The van der Waals surface area contributed by atoms with Crippen molar-refractivity contribution < 1.29 is 0 Å². The van der Waals surface area contributed by atoms with Gasteiger partial charge < -0.3 is 4.90 Å². The number of hydrogen-bond acceptors (Lipinski definition) is 3. The largest absolute Gasteiger partial charge is 0.310 e. The first-order chi connectivity index (χ1) is 22.7. The number of nitrogens with zero attached hydrogens (tertiary/aromatic N) is 1. The minimum atomic E-state index is 0.754. The van der Waals surface area contributed by atoms with Gasteiger partial charge in [0.25, 0.3) is 0 Å². The van der Waals surface area contributed by atoms with Crippen molar-refractivity contribution >= 4 is 91.7 Å². The van der Waals surface area contributed by atoms with Crippen molar-refractivity contribution in [3.8, 4) is 22.3 Å². The molecule has 0 amide bonds. The molecule has 0 radical (unpaired) electrons. The van der Waals surface area contributed by atoms with Gasteiger partial charge in [-0.2, -0.15) is 0 Å². The molecule has 46 heavy (non-hydrogen) atoms. The minimum absolute atomic E-state index is 0.754. The fourth-order valence-corrected chi connectivity index (χ4v) is 8.80. The number of rotatable bonds is 5. The van der Waals surface area contributed by atoms with E-state index in [1.165, 1.54) is 62.6 Å². The number of halogens is 1. The van der Waals surface area contributed by atoms with Crippen LogP contribution in [0.25, 0.3) is 62.6 Å². The Morgan fingerprint density at radius 1 is 0.348 bits per heavy atom. The third-order valence-corrected chi connectivity index (χ3v) is 11.3. The lowest BCUT2D eigenvalue weighted by Gasteiger charge is -2.26. The summed E-state index contributed by atoms with van der Waals surface area (Å²) in [6, 6.07) is 56.9. The summed E-state index contributed by atoms with van der Waals surface area (Å²) >= 11 is 9.86. The second kappa shape index (κ2) is 11.1. The molecule has 1 nitrogen and oxygen atoms in total. The van der Waals surface area contributed by atoms with Crippen molar-refractivity contribution in [3.63, 3.8) is 0 Å². The molecule has 0 atom stereocenters. The highest BCUT2D eigenvalue weighted by atomic mass is 35.5. The topological polar surface area (TPSA) is 3.24 Å². The quantitative estimate of drug-likeness (QED) is 0.180. The number of thiophene rings is 2. The molecule has 0 spiro atoms. The summed E-state index contributed by atoms with van der Waals surface area (Å²) in [7, 11) is 0. The highest BCUT2D eigenvalue weighted by Gasteiger charge is 2.17. The zero-order valence-electron chi connectivity index (χ0n) is 24.7. The lowest BCUT2D eigenvalue weighted by atomic mass is 10.0. The number of benzene rings is 7. The maximum atomic E-state index is 6.16. The van der Waals surface area contributed by atoms with Gasteiger partial charge >= 0.3 is 0 Å². The van der Waals surface area contributed by atoms with Crippen LogP contribution in [0.5, 0.6) is 0 Å². The fraction of sp³-hybridized carbons (Fsp3) is 0. The highest BCUT2D eigenvalue weighted by molar-refractivity contribution is 7.26. The molecule has 4 heteroatoms. The van der Waals surface area contributed by atoms with Crippen LogP contribution in [0.3, 0.4) is 0 Å². The Morgan fingerprint density at radius 3 is 1.57 bits per heavy atom. The first kappa shape index (κ1) is 27.4. The Hall–Kier alpha value is -4.93. The van der Waals surface area contributed by atoms with E-state index in [0.717, 1.165) is 22.1 Å². The first-order valence-electron chi connectivity index (χ1n) is 15.3. The van der Waals surface area contributed by atoms with Crippen LogP contribution in [0.4, 0.5) is 17.1 Å². The molecule has 0 saturated heterocycles. The predicted octanol–water partition coefficient (Wildman–Crippen LogP) is 13.9. The van der Waals surface area contributed by atoms with Crippen LogP contribution in [0, 0.1) is 0 Å². The Bertz CT molecular complexity index is 2530. The molecule has 0 saturated carbocycles. The van der Waals surface area contributed by atoms with E-state index in [1.54, 1.807) is 0 Å². The Balaban J connectivity index is 1.20. The van der Waals surface area contributed by atoms with E-state index in [9.17, 15) is 0 Å². The molecule has 0 bridgehead atoms. The normalized spacial score (nSPS) is 11.6. The zero-order chi connectivity index (χ0) is 30.6. The molecular weight excluding hydrogens is 618 g/mol. The van der Waals surface area contributed by atoms with E-state index < -0.39 is 0 Å². The van der Waals surface area contributed by atoms with Gasteiger partial charge in [-0.15, -0.1) is 22.7 Å². The monoisotopic (exact) mass is 643 g/mol. The van der Waals surface area contributed by atoms with E-state index in [-0.39, 0.29) is 0 Å². The molecule has 9 rings (SSSR count). The molecule has 9 aromatic rings. The Kier molecular flexibility index (Phi) is 6.64. The zero-order valence-corrected chi connectivity index (χ0v) is 27.0. The molecule has 218 valence electrons. The second-order valence-electron chi connectivity index (χ2n) is 11.5. The maximum Gasteiger partial charge on any atom is 0.0468 e. The summed E-state index contributed by atoms with van der Waals surface area (Å²) in [6.45, 7) is 0. The lowest BCUT2D eigenvalue weighted by molar-refractivity contribution is 1.30. The van der Waals surface area contributed by atoms with Gasteiger partial charge in [-0.3, -0.25) is 0 Å². The van der Waals surface area contributed by atoms with Crippen molar-refractivity contribution in [3.05, 3.63) is 163 Å². The molecule has 0 aliphatic heterocycles. The highest BCUT2D eigenvalue weighted by Crippen LogP contribution is 2.44. The van der Waals surface area contributed by atoms with Crippen LogP contribution < -0.4 is 4.90 Å². The van der Waals surface area contributed by atoms with Gasteiger partial charge in [-0.05, 0) is 95.1 Å². The summed E-state index contributed by atoms with van der Waals surface area (Å²) in [6.07, 6.45) is 0. The van der Waals surface area contributed by atoms with E-state index in [4.69, 9.17) is 11.6 Å². The molecule has 0 aliphatic rings. The fourth-order valence-electron chi connectivity index (χ4n) is 6.46. The van der Waals surface area contributed by atoms with Crippen LogP contribution in [-0.2, 0) is 0 Å². The van der Waals surface area contributed by atoms with Crippen LogP contribution in [0.15, 0.2) is 158 Å². The molecule has 0 aliphatic carbocycles. The molecular formula is C42H26ClNS2. The van der Waals surface area contributed by atoms with E-state index in [0.29, 0.717) is 0 Å². The van der Waals surface area contributed by atoms with Gasteiger partial charge in [0.2, 0.25) is 0 Å². The van der Waals surface area contributed by atoms with Gasteiger partial charge in [0.15, 0.2) is 0 Å². The minimum Gasteiger partial charge on any atom is -0.310 e. The van der Waals surface area contributed by atoms with Crippen LogP contribution in [0.2, 0.25) is 5.02 Å². The average Bonchev–Trinajstić information content (AvgIpc) is 3.67. The second-order valence-corrected chi connectivity index (χ2v) is 14.1. The van der Waals surface area contributed by atoms with Crippen LogP contribution in [0.1, 0.15) is 0 Å². The molecule has 2 heterocycles. The standard InChI is InChI=1S/C42H26ClNS2/c43-31-15-10-29(11-16-31)30-14-21-36-38-26-34(20-23-41(38)46-42(36)24-30)44(32-17-12-28(13-18-32)27-6-2-1-3-7-27)33-19-22-40-37(25-33)35-8-4-5-9-39(35)45-40/h1-26H. The van der Waals surface area contributed by atoms with Gasteiger partial charge in [-0.1, -0.05) is 96.5 Å². The molecule has 7 aromatic carbocycles. The van der Waals surface area contributed by atoms with Crippen molar-refractivity contribution in [1.82, 2.24) is 0 Å². The number of anilines is 3. The molecule has 0 unspecified atom stereocenters. The van der Waals surface area contributed by atoms with Gasteiger partial charge in [0.05, 0.1) is 0 Å². The summed E-state index contributed by atoms with van der Waals surface area (Å²) in [5.41, 5.74) is 8.21. The average molecular weight is 644 g/mol. The van der Waals surface area contributed by atoms with Crippen molar-refractivity contribution in [2.75, 3.05) is 4.90 Å². The van der Waals surface area contributed by atoms with Crippen molar-refractivity contribution in [1.29, 1.82) is 0 Å². The Labute approximate surface area is 280 Å². The van der Waals surface area contributed by atoms with Crippen molar-refractivity contribution in [2.45, 2.75) is 0 Å². The van der Waals surface area contributed by atoms with Crippen molar-refractivity contribution in [2.24, 2.45) is 0 Å². The SMILES string of the molecule is Clc1ccc(-c2ccc3c(c2)sc2ccc(N(c4ccc(-c5ccccc5)cc4)c4ccc5sc6ccccc6c5c4)cc23)cc1. The summed E-state index contributed by atoms with van der Waals surface area (Å²) in [4.78, 5) is 2.39. The lowest BCUT2D eigenvalue weighted by Crippen LogP contribution is -2.09. The molecule has 2 aromatic heterocycles. The molecule has 0 fully saturated rings. The smallest absolute Gasteiger partial charge is 0.0468 e. The molecule has 0 N–H and O–H groups in total. The van der Waals surface area contributed by atoms with Gasteiger partial charge in [0.1, 0.15) is 0 Å². The Morgan fingerprint density at radius 2 is 0.848 bits per heavy atom. The van der Waals surface area contributed by atoms with Crippen LogP contribution >= 0.6 is 34.3 Å². The summed E-state index contributed by atoms with van der Waals surface area (Å²) < 4.78 is 5.19. The van der Waals surface area contributed by atoms with Crippen LogP contribution in [-0.4, -0.2) is 0 Å². The third-order valence-electron chi connectivity index (χ3n) is 8.74. The van der Waals surface area contributed by atoms with E-state index >= 15 is 0 Å². The maximum absolute atomic E-state index is 6.16. The van der Waals surface area contributed by atoms with Gasteiger partial charge in [0, 0.05) is 62.4 Å². The number of hydrogen-bond donors (Lipinski definition) is 0. The summed E-state index contributed by atoms with van der Waals surface area (Å²) in [5.74, 6) is 0. The first-order valence-corrected chi connectivity index (χ1v) is 17.3. The predicted molar refractivity (Wildman–Crippen MR) is 203 cm³/mol. The van der Waals surface area contributed by atoms with E-state index in [1.807, 2.05) is 34.8 Å².